The molecule has 0 aliphatic carbocycles. The van der Waals surface area contributed by atoms with E-state index in [2.05, 4.69) is 5.32 Å². The highest BCUT2D eigenvalue weighted by atomic mass is 32.2. The van der Waals surface area contributed by atoms with Crippen molar-refractivity contribution >= 4 is 9.84 Å². The lowest BCUT2D eigenvalue weighted by atomic mass is 10.1. The summed E-state index contributed by atoms with van der Waals surface area (Å²) in [5, 5.41) is 12.0. The van der Waals surface area contributed by atoms with Gasteiger partial charge in [-0.3, -0.25) is 0 Å². The second-order valence-electron chi connectivity index (χ2n) is 4.48. The average molecular weight is 251 g/mol. The molecule has 2 unspecified atom stereocenters. The zero-order chi connectivity index (χ0) is 12.6. The maximum Gasteiger partial charge on any atom is 0.151 e. The Morgan fingerprint density at radius 2 is 1.94 bits per heavy atom. The second-order valence-corrected chi connectivity index (χ2v) is 6.88. The van der Waals surface area contributed by atoms with E-state index < -0.39 is 9.84 Å². The fraction of sp³-hybridized carbons (Fsp3) is 1.00. The summed E-state index contributed by atoms with van der Waals surface area (Å²) in [6, 6.07) is 0.00869. The number of sulfone groups is 1. The molecule has 5 heteroatoms. The van der Waals surface area contributed by atoms with Crippen molar-refractivity contribution in [3.63, 3.8) is 0 Å². The lowest BCUT2D eigenvalue weighted by Gasteiger charge is -2.14. The molecule has 98 valence electrons. The summed E-state index contributed by atoms with van der Waals surface area (Å²) < 4.78 is 22.6. The van der Waals surface area contributed by atoms with Crippen molar-refractivity contribution in [1.29, 1.82) is 0 Å². The fourth-order valence-electron chi connectivity index (χ4n) is 1.45. The normalized spacial score (nSPS) is 16.0. The predicted octanol–water partition coefficient (Wildman–Crippen LogP) is 0.808. The molecule has 16 heavy (non-hydrogen) atoms. The average Bonchev–Trinajstić information content (AvgIpc) is 2.23. The van der Waals surface area contributed by atoms with E-state index in [1.807, 2.05) is 13.8 Å². The van der Waals surface area contributed by atoms with E-state index in [0.717, 1.165) is 19.4 Å². The Kier molecular flexibility index (Phi) is 7.97. The number of aliphatic hydroxyl groups excluding tert-OH is 1. The molecular formula is C11H25NO3S. The Morgan fingerprint density at radius 1 is 1.31 bits per heavy atom. The molecule has 0 rings (SSSR count). The van der Waals surface area contributed by atoms with Gasteiger partial charge >= 0.3 is 0 Å². The maximum absolute atomic E-state index is 11.3. The fourth-order valence-corrected chi connectivity index (χ4v) is 2.56. The van der Waals surface area contributed by atoms with Gasteiger partial charge in [0, 0.05) is 18.4 Å². The van der Waals surface area contributed by atoms with Crippen molar-refractivity contribution in [3.05, 3.63) is 0 Å². The third kappa shape index (κ3) is 8.07. The molecular weight excluding hydrogens is 226 g/mol. The Labute approximate surface area is 99.4 Å². The first-order chi connectivity index (χ1) is 7.41. The summed E-state index contributed by atoms with van der Waals surface area (Å²) >= 11 is 0. The maximum atomic E-state index is 11.3. The Balaban J connectivity index is 3.63. The molecule has 0 saturated carbocycles. The molecule has 2 N–H and O–H groups in total. The molecule has 0 aromatic rings. The van der Waals surface area contributed by atoms with Crippen LogP contribution in [0, 0.1) is 5.92 Å². The lowest BCUT2D eigenvalue weighted by molar-refractivity contribution is 0.228. The topological polar surface area (TPSA) is 66.4 Å². The molecule has 0 aliphatic rings. The van der Waals surface area contributed by atoms with Gasteiger partial charge in [0.15, 0.2) is 9.84 Å². The largest absolute Gasteiger partial charge is 0.396 e. The van der Waals surface area contributed by atoms with Crippen LogP contribution in [0.2, 0.25) is 0 Å². The first-order valence-corrected chi connectivity index (χ1v) is 7.78. The number of hydrogen-bond acceptors (Lipinski definition) is 4. The van der Waals surface area contributed by atoms with E-state index in [4.69, 9.17) is 5.11 Å². The van der Waals surface area contributed by atoms with Crippen LogP contribution in [0.15, 0.2) is 0 Å². The third-order valence-electron chi connectivity index (χ3n) is 2.62. The van der Waals surface area contributed by atoms with Gasteiger partial charge in [-0.15, -0.1) is 0 Å². The highest BCUT2D eigenvalue weighted by molar-refractivity contribution is 7.91. The first-order valence-electron chi connectivity index (χ1n) is 5.96. The first kappa shape index (κ1) is 15.9. The molecule has 0 amide bonds. The summed E-state index contributed by atoms with van der Waals surface area (Å²) in [5.41, 5.74) is 0. The van der Waals surface area contributed by atoms with E-state index in [0.29, 0.717) is 5.92 Å². The van der Waals surface area contributed by atoms with Crippen molar-refractivity contribution in [2.75, 3.05) is 24.7 Å². The van der Waals surface area contributed by atoms with E-state index in [-0.39, 0.29) is 24.2 Å². The second kappa shape index (κ2) is 8.03. The van der Waals surface area contributed by atoms with E-state index in [9.17, 15) is 8.42 Å². The molecule has 0 bridgehead atoms. The SMILES string of the molecule is CCS(=O)(=O)CC(C)NCCCC(C)CO. The standard InChI is InChI=1S/C11H25NO3S/c1-4-16(14,15)9-11(3)12-7-5-6-10(2)8-13/h10-13H,4-9H2,1-3H3. The minimum absolute atomic E-state index is 0.00869. The van der Waals surface area contributed by atoms with Gasteiger partial charge in [-0.25, -0.2) is 8.42 Å². The summed E-state index contributed by atoms with van der Waals surface area (Å²) in [6.07, 6.45) is 1.94. The molecule has 0 radical (unpaired) electrons. The van der Waals surface area contributed by atoms with Crippen LogP contribution in [0.25, 0.3) is 0 Å². The summed E-state index contributed by atoms with van der Waals surface area (Å²) in [7, 11) is -2.88. The van der Waals surface area contributed by atoms with Crippen LogP contribution in [0.3, 0.4) is 0 Å². The van der Waals surface area contributed by atoms with Crippen LogP contribution in [-0.2, 0) is 9.84 Å². The molecule has 4 nitrogen and oxygen atoms in total. The van der Waals surface area contributed by atoms with Gasteiger partial charge in [0.25, 0.3) is 0 Å². The van der Waals surface area contributed by atoms with E-state index in [1.54, 1.807) is 6.92 Å². The van der Waals surface area contributed by atoms with E-state index >= 15 is 0 Å². The van der Waals surface area contributed by atoms with Crippen molar-refractivity contribution in [1.82, 2.24) is 5.32 Å². The zero-order valence-electron chi connectivity index (χ0n) is 10.6. The van der Waals surface area contributed by atoms with Gasteiger partial charge in [-0.2, -0.15) is 0 Å². The number of aliphatic hydroxyl groups is 1. The highest BCUT2D eigenvalue weighted by Gasteiger charge is 2.12. The van der Waals surface area contributed by atoms with Crippen LogP contribution in [0.4, 0.5) is 0 Å². The molecule has 0 aromatic heterocycles. The van der Waals surface area contributed by atoms with Gasteiger partial charge in [0.1, 0.15) is 0 Å². The molecule has 0 aliphatic heterocycles. The molecule has 0 heterocycles. The van der Waals surface area contributed by atoms with Gasteiger partial charge in [-0.1, -0.05) is 13.8 Å². The van der Waals surface area contributed by atoms with E-state index in [1.165, 1.54) is 0 Å². The highest BCUT2D eigenvalue weighted by Crippen LogP contribution is 2.03. The van der Waals surface area contributed by atoms with Gasteiger partial charge in [0.05, 0.1) is 5.75 Å². The van der Waals surface area contributed by atoms with Crippen molar-refractivity contribution in [2.24, 2.45) is 5.92 Å². The van der Waals surface area contributed by atoms with Crippen molar-refractivity contribution in [3.8, 4) is 0 Å². The number of rotatable bonds is 9. The zero-order valence-corrected chi connectivity index (χ0v) is 11.4. The molecule has 0 saturated heterocycles. The van der Waals surface area contributed by atoms with Crippen LogP contribution in [0.5, 0.6) is 0 Å². The molecule has 0 fully saturated rings. The monoisotopic (exact) mass is 251 g/mol. The molecule has 0 spiro atoms. The number of hydrogen-bond donors (Lipinski definition) is 2. The van der Waals surface area contributed by atoms with Crippen LogP contribution >= 0.6 is 0 Å². The molecule has 0 aromatic carbocycles. The van der Waals surface area contributed by atoms with Crippen LogP contribution in [-0.4, -0.2) is 44.2 Å². The minimum Gasteiger partial charge on any atom is -0.396 e. The Bertz CT molecular complexity index is 264. The van der Waals surface area contributed by atoms with Gasteiger partial charge < -0.3 is 10.4 Å². The Hall–Kier alpha value is -0.130. The smallest absolute Gasteiger partial charge is 0.151 e. The summed E-state index contributed by atoms with van der Waals surface area (Å²) in [5.74, 6) is 0.746. The van der Waals surface area contributed by atoms with Crippen molar-refractivity contribution < 1.29 is 13.5 Å². The lowest BCUT2D eigenvalue weighted by Crippen LogP contribution is -2.34. The van der Waals surface area contributed by atoms with Crippen molar-refractivity contribution in [2.45, 2.75) is 39.7 Å². The molecule has 2 atom stereocenters. The third-order valence-corrected chi connectivity index (χ3v) is 4.51. The quantitative estimate of drug-likeness (QED) is 0.595. The van der Waals surface area contributed by atoms with Crippen LogP contribution in [0.1, 0.15) is 33.6 Å². The summed E-state index contributed by atoms with van der Waals surface area (Å²) in [6.45, 7) is 6.60. The van der Waals surface area contributed by atoms with Crippen LogP contribution < -0.4 is 5.32 Å². The predicted molar refractivity (Wildman–Crippen MR) is 67.3 cm³/mol. The van der Waals surface area contributed by atoms with Gasteiger partial charge in [0.2, 0.25) is 0 Å². The summed E-state index contributed by atoms with van der Waals surface area (Å²) in [4.78, 5) is 0. The minimum atomic E-state index is -2.88. The Morgan fingerprint density at radius 3 is 2.44 bits per heavy atom. The van der Waals surface area contributed by atoms with Gasteiger partial charge in [-0.05, 0) is 32.2 Å². The number of nitrogens with one attached hydrogen (secondary N) is 1.